The molecule has 18 heavy (non-hydrogen) atoms. The molecule has 0 unspecified atom stereocenters. The number of methoxy groups -OCH3 is 1. The Hall–Kier alpha value is -0.930. The van der Waals surface area contributed by atoms with Crippen LogP contribution >= 0.6 is 23.2 Å². The monoisotopic (exact) mass is 287 g/mol. The number of benzene rings is 1. The summed E-state index contributed by atoms with van der Waals surface area (Å²) in [5.41, 5.74) is 1.04. The summed E-state index contributed by atoms with van der Waals surface area (Å²) in [5.74, 6) is 0.598. The van der Waals surface area contributed by atoms with E-state index in [9.17, 15) is 4.79 Å². The minimum Gasteiger partial charge on any atom is -0.497 e. The predicted octanol–water partition coefficient (Wildman–Crippen LogP) is 2.99. The molecular formula is C13H15Cl2NO2. The van der Waals surface area contributed by atoms with Gasteiger partial charge in [0.15, 0.2) is 4.33 Å². The van der Waals surface area contributed by atoms with Gasteiger partial charge in [-0.05, 0) is 30.5 Å². The standard InChI is InChI=1S/C13H15Cl2NO2/c1-18-11-5-3-10(4-6-11)9-16-8-2-7-13(14,15)12(16)17/h3-6H,2,7-9H2,1H3. The van der Waals surface area contributed by atoms with Gasteiger partial charge < -0.3 is 9.64 Å². The molecule has 3 nitrogen and oxygen atoms in total. The molecular weight excluding hydrogens is 273 g/mol. The summed E-state index contributed by atoms with van der Waals surface area (Å²) in [7, 11) is 1.62. The molecule has 98 valence electrons. The van der Waals surface area contributed by atoms with Crippen LogP contribution in [-0.4, -0.2) is 28.8 Å². The van der Waals surface area contributed by atoms with Crippen molar-refractivity contribution in [1.29, 1.82) is 0 Å². The van der Waals surface area contributed by atoms with Gasteiger partial charge in [0, 0.05) is 13.1 Å². The second-order valence-corrected chi connectivity index (χ2v) is 5.87. The van der Waals surface area contributed by atoms with Crippen LogP contribution in [-0.2, 0) is 11.3 Å². The molecule has 0 atom stereocenters. The van der Waals surface area contributed by atoms with E-state index in [1.807, 2.05) is 24.3 Å². The molecule has 0 N–H and O–H groups in total. The molecule has 2 rings (SSSR count). The van der Waals surface area contributed by atoms with E-state index >= 15 is 0 Å². The molecule has 0 radical (unpaired) electrons. The summed E-state index contributed by atoms with van der Waals surface area (Å²) in [6.07, 6.45) is 1.35. The first-order valence-corrected chi connectivity index (χ1v) is 6.58. The third-order valence-corrected chi connectivity index (χ3v) is 3.75. The minimum atomic E-state index is -1.26. The van der Waals surface area contributed by atoms with Crippen LogP contribution in [0.3, 0.4) is 0 Å². The zero-order valence-corrected chi connectivity index (χ0v) is 11.7. The molecule has 0 saturated carbocycles. The van der Waals surface area contributed by atoms with Gasteiger partial charge in [0.2, 0.25) is 0 Å². The van der Waals surface area contributed by atoms with Gasteiger partial charge in [-0.2, -0.15) is 0 Å². The number of likely N-dealkylation sites (tertiary alicyclic amines) is 1. The molecule has 1 aliphatic heterocycles. The Morgan fingerprint density at radius 1 is 1.33 bits per heavy atom. The fraction of sp³-hybridized carbons (Fsp3) is 0.462. The lowest BCUT2D eigenvalue weighted by atomic mass is 10.1. The first-order valence-electron chi connectivity index (χ1n) is 5.83. The summed E-state index contributed by atoms with van der Waals surface area (Å²) < 4.78 is 3.83. The van der Waals surface area contributed by atoms with Crippen molar-refractivity contribution < 1.29 is 9.53 Å². The number of carbonyl (C=O) groups is 1. The zero-order valence-electron chi connectivity index (χ0n) is 10.2. The second kappa shape index (κ2) is 5.37. The maximum atomic E-state index is 12.0. The third-order valence-electron chi connectivity index (χ3n) is 3.05. The molecule has 0 spiro atoms. The van der Waals surface area contributed by atoms with Crippen molar-refractivity contribution in [2.24, 2.45) is 0 Å². The van der Waals surface area contributed by atoms with Gasteiger partial charge in [0.1, 0.15) is 5.75 Å². The highest BCUT2D eigenvalue weighted by Gasteiger charge is 2.40. The third kappa shape index (κ3) is 2.90. The van der Waals surface area contributed by atoms with Crippen molar-refractivity contribution in [3.63, 3.8) is 0 Å². The highest BCUT2D eigenvalue weighted by atomic mass is 35.5. The van der Waals surface area contributed by atoms with Crippen LogP contribution in [0.4, 0.5) is 0 Å². The summed E-state index contributed by atoms with van der Waals surface area (Å²) >= 11 is 12.0. The van der Waals surface area contributed by atoms with Crippen molar-refractivity contribution in [3.8, 4) is 5.75 Å². The number of hydrogen-bond acceptors (Lipinski definition) is 2. The number of halogens is 2. The highest BCUT2D eigenvalue weighted by molar-refractivity contribution is 6.58. The second-order valence-electron chi connectivity index (χ2n) is 4.38. The lowest BCUT2D eigenvalue weighted by Crippen LogP contribution is -2.46. The topological polar surface area (TPSA) is 29.5 Å². The molecule has 1 saturated heterocycles. The largest absolute Gasteiger partial charge is 0.497 e. The van der Waals surface area contributed by atoms with Gasteiger partial charge in [-0.3, -0.25) is 4.79 Å². The summed E-state index contributed by atoms with van der Waals surface area (Å²) in [4.78, 5) is 13.7. The van der Waals surface area contributed by atoms with Crippen molar-refractivity contribution in [3.05, 3.63) is 29.8 Å². The smallest absolute Gasteiger partial charge is 0.259 e. The van der Waals surface area contributed by atoms with E-state index in [4.69, 9.17) is 27.9 Å². The van der Waals surface area contributed by atoms with E-state index in [1.165, 1.54) is 0 Å². The lowest BCUT2D eigenvalue weighted by molar-refractivity contribution is -0.134. The number of ether oxygens (including phenoxy) is 1. The van der Waals surface area contributed by atoms with E-state index < -0.39 is 4.33 Å². The molecule has 1 amide bonds. The molecule has 0 aromatic heterocycles. The van der Waals surface area contributed by atoms with Crippen LogP contribution in [0.5, 0.6) is 5.75 Å². The molecule has 0 aliphatic carbocycles. The Bertz CT molecular complexity index is 431. The Morgan fingerprint density at radius 2 is 2.00 bits per heavy atom. The van der Waals surface area contributed by atoms with Crippen LogP contribution in [0.2, 0.25) is 0 Å². The van der Waals surface area contributed by atoms with Crippen molar-refractivity contribution in [2.45, 2.75) is 23.7 Å². The quantitative estimate of drug-likeness (QED) is 0.800. The maximum Gasteiger partial charge on any atom is 0.259 e. The molecule has 1 aromatic carbocycles. The SMILES string of the molecule is COc1ccc(CN2CCCC(Cl)(Cl)C2=O)cc1. The summed E-state index contributed by atoms with van der Waals surface area (Å²) in [5, 5.41) is 0. The van der Waals surface area contributed by atoms with Crippen LogP contribution in [0.1, 0.15) is 18.4 Å². The van der Waals surface area contributed by atoms with Crippen molar-refractivity contribution in [2.75, 3.05) is 13.7 Å². The van der Waals surface area contributed by atoms with E-state index in [0.717, 1.165) is 17.7 Å². The number of carbonyl (C=O) groups excluding carboxylic acids is 1. The van der Waals surface area contributed by atoms with E-state index in [1.54, 1.807) is 12.0 Å². The summed E-state index contributed by atoms with van der Waals surface area (Å²) in [6.45, 7) is 1.23. The normalized spacial score (nSPS) is 18.8. The average Bonchev–Trinajstić information content (AvgIpc) is 2.36. The van der Waals surface area contributed by atoms with E-state index in [-0.39, 0.29) is 5.91 Å². The Labute approximate surface area is 117 Å². The van der Waals surface area contributed by atoms with Gasteiger partial charge in [-0.15, -0.1) is 0 Å². The van der Waals surface area contributed by atoms with Crippen molar-refractivity contribution in [1.82, 2.24) is 4.90 Å². The average molecular weight is 288 g/mol. The van der Waals surface area contributed by atoms with Gasteiger partial charge in [-0.25, -0.2) is 0 Å². The molecule has 1 heterocycles. The van der Waals surface area contributed by atoms with Gasteiger partial charge in [0.25, 0.3) is 5.91 Å². The van der Waals surface area contributed by atoms with Gasteiger partial charge in [-0.1, -0.05) is 35.3 Å². The van der Waals surface area contributed by atoms with E-state index in [2.05, 4.69) is 0 Å². The number of rotatable bonds is 3. The van der Waals surface area contributed by atoms with Crippen LogP contribution in [0, 0.1) is 0 Å². The van der Waals surface area contributed by atoms with Gasteiger partial charge >= 0.3 is 0 Å². The molecule has 1 aliphatic rings. The van der Waals surface area contributed by atoms with Crippen LogP contribution < -0.4 is 4.74 Å². The van der Waals surface area contributed by atoms with Crippen molar-refractivity contribution >= 4 is 29.1 Å². The summed E-state index contributed by atoms with van der Waals surface area (Å²) in [6, 6.07) is 7.62. The number of amides is 1. The fourth-order valence-corrected chi connectivity index (χ4v) is 2.54. The van der Waals surface area contributed by atoms with Crippen LogP contribution in [0.25, 0.3) is 0 Å². The zero-order chi connectivity index (χ0) is 13.2. The fourth-order valence-electron chi connectivity index (χ4n) is 2.03. The van der Waals surface area contributed by atoms with Gasteiger partial charge in [0.05, 0.1) is 7.11 Å². The molecule has 1 fully saturated rings. The Morgan fingerprint density at radius 3 is 2.61 bits per heavy atom. The lowest BCUT2D eigenvalue weighted by Gasteiger charge is -2.34. The molecule has 1 aromatic rings. The van der Waals surface area contributed by atoms with Crippen LogP contribution in [0.15, 0.2) is 24.3 Å². The molecule has 5 heteroatoms. The Kier molecular flexibility index (Phi) is 4.03. The Balaban J connectivity index is 2.06. The number of nitrogens with zero attached hydrogens (tertiary/aromatic N) is 1. The molecule has 0 bridgehead atoms. The number of alkyl halides is 2. The highest BCUT2D eigenvalue weighted by Crippen LogP contribution is 2.33. The number of piperidine rings is 1. The predicted molar refractivity (Wildman–Crippen MR) is 72.1 cm³/mol. The van der Waals surface area contributed by atoms with E-state index in [0.29, 0.717) is 19.5 Å². The maximum absolute atomic E-state index is 12.0. The first kappa shape index (κ1) is 13.5. The first-order chi connectivity index (χ1) is 8.53. The number of hydrogen-bond donors (Lipinski definition) is 0. The minimum absolute atomic E-state index is 0.201.